The Balaban J connectivity index is 1.90. The van der Waals surface area contributed by atoms with Crippen LogP contribution in [0.4, 0.5) is 5.69 Å². The van der Waals surface area contributed by atoms with Crippen LogP contribution in [0.3, 0.4) is 0 Å². The van der Waals surface area contributed by atoms with Crippen molar-refractivity contribution in [3.8, 4) is 0 Å². The second-order valence-corrected chi connectivity index (χ2v) is 5.46. The molecule has 0 unspecified atom stereocenters. The van der Waals surface area contributed by atoms with Crippen molar-refractivity contribution in [1.29, 1.82) is 0 Å². The van der Waals surface area contributed by atoms with E-state index in [1.165, 1.54) is 25.2 Å². The molecule has 2 rings (SSSR count). The average molecular weight is 278 g/mol. The van der Waals surface area contributed by atoms with Gasteiger partial charge in [-0.1, -0.05) is 19.1 Å². The molecule has 1 heterocycles. The lowest BCUT2D eigenvalue weighted by atomic mass is 10.1. The highest BCUT2D eigenvalue weighted by molar-refractivity contribution is 7.80. The van der Waals surface area contributed by atoms with Crippen LogP contribution < -0.4 is 10.2 Å². The van der Waals surface area contributed by atoms with E-state index < -0.39 is 0 Å². The molecule has 0 aromatic heterocycles. The second-order valence-electron chi connectivity index (χ2n) is 5.07. The standard InChI is InChI=1S/C15H23N3S/c1-3-13-6-5-7-14(12-13)16-15(19)18-10-8-17(4-2)9-11-18/h5-7,12H,3-4,8-11H2,1-2H3,(H,16,19)/p+1. The number of benzene rings is 1. The van der Waals surface area contributed by atoms with Crippen LogP contribution in [0, 0.1) is 0 Å². The van der Waals surface area contributed by atoms with Crippen molar-refractivity contribution in [2.75, 3.05) is 38.0 Å². The molecule has 19 heavy (non-hydrogen) atoms. The van der Waals surface area contributed by atoms with Gasteiger partial charge in [0.2, 0.25) is 0 Å². The first kappa shape index (κ1) is 14.3. The van der Waals surface area contributed by atoms with E-state index in [4.69, 9.17) is 12.2 Å². The lowest BCUT2D eigenvalue weighted by molar-refractivity contribution is -0.902. The molecule has 0 bridgehead atoms. The van der Waals surface area contributed by atoms with Gasteiger partial charge in [-0.05, 0) is 43.3 Å². The van der Waals surface area contributed by atoms with E-state index in [-0.39, 0.29) is 0 Å². The highest BCUT2D eigenvalue weighted by Crippen LogP contribution is 2.12. The molecule has 0 spiro atoms. The summed E-state index contributed by atoms with van der Waals surface area (Å²) in [6, 6.07) is 8.50. The van der Waals surface area contributed by atoms with Crippen LogP contribution in [0.2, 0.25) is 0 Å². The van der Waals surface area contributed by atoms with Gasteiger partial charge >= 0.3 is 0 Å². The van der Waals surface area contributed by atoms with Gasteiger partial charge in [0.05, 0.1) is 32.7 Å². The van der Waals surface area contributed by atoms with Crippen LogP contribution in [0.5, 0.6) is 0 Å². The number of rotatable bonds is 3. The SMILES string of the molecule is CCc1cccc(NC(=S)N2CC[NH+](CC)CC2)c1. The zero-order chi connectivity index (χ0) is 13.7. The molecule has 1 aliphatic rings. The monoisotopic (exact) mass is 278 g/mol. The summed E-state index contributed by atoms with van der Waals surface area (Å²) in [6.45, 7) is 10.1. The Morgan fingerprint density at radius 3 is 2.68 bits per heavy atom. The Kier molecular flexibility index (Phi) is 5.16. The number of quaternary nitrogens is 1. The number of nitrogens with zero attached hydrogens (tertiary/aromatic N) is 1. The molecule has 1 saturated heterocycles. The number of hydrogen-bond donors (Lipinski definition) is 2. The zero-order valence-corrected chi connectivity index (χ0v) is 12.7. The van der Waals surface area contributed by atoms with E-state index in [0.29, 0.717) is 0 Å². The van der Waals surface area contributed by atoms with Gasteiger partial charge in [-0.2, -0.15) is 0 Å². The normalized spacial score (nSPS) is 16.4. The van der Waals surface area contributed by atoms with Crippen LogP contribution >= 0.6 is 12.2 Å². The summed E-state index contributed by atoms with van der Waals surface area (Å²) >= 11 is 5.52. The predicted molar refractivity (Wildman–Crippen MR) is 84.9 cm³/mol. The summed E-state index contributed by atoms with van der Waals surface area (Å²) in [6.07, 6.45) is 1.06. The van der Waals surface area contributed by atoms with E-state index in [1.54, 1.807) is 4.90 Å². The summed E-state index contributed by atoms with van der Waals surface area (Å²) in [4.78, 5) is 3.96. The molecule has 2 N–H and O–H groups in total. The van der Waals surface area contributed by atoms with Gasteiger partial charge in [-0.25, -0.2) is 0 Å². The average Bonchev–Trinajstić information content (AvgIpc) is 2.47. The third kappa shape index (κ3) is 3.91. The third-order valence-corrected chi connectivity index (χ3v) is 4.20. The lowest BCUT2D eigenvalue weighted by Gasteiger charge is -2.33. The van der Waals surface area contributed by atoms with Crippen molar-refractivity contribution in [3.05, 3.63) is 29.8 Å². The molecular weight excluding hydrogens is 254 g/mol. The maximum absolute atomic E-state index is 5.52. The Morgan fingerprint density at radius 2 is 2.05 bits per heavy atom. The summed E-state index contributed by atoms with van der Waals surface area (Å²) in [5, 5.41) is 4.23. The molecule has 104 valence electrons. The number of piperazine rings is 1. The lowest BCUT2D eigenvalue weighted by Crippen LogP contribution is -3.14. The molecule has 1 fully saturated rings. The minimum Gasteiger partial charge on any atom is -0.338 e. The number of aryl methyl sites for hydroxylation is 1. The Hall–Kier alpha value is -1.13. The summed E-state index contributed by atoms with van der Waals surface area (Å²) in [5.41, 5.74) is 2.45. The van der Waals surface area contributed by atoms with E-state index in [1.807, 2.05) is 0 Å². The van der Waals surface area contributed by atoms with Gasteiger partial charge in [0.1, 0.15) is 0 Å². The summed E-state index contributed by atoms with van der Waals surface area (Å²) in [5.74, 6) is 0. The number of anilines is 1. The first-order valence-electron chi connectivity index (χ1n) is 7.21. The molecule has 1 aromatic carbocycles. The molecule has 0 amide bonds. The molecule has 0 atom stereocenters. The molecule has 3 nitrogen and oxygen atoms in total. The Labute approximate surface area is 121 Å². The maximum Gasteiger partial charge on any atom is 0.173 e. The van der Waals surface area contributed by atoms with Crippen LogP contribution in [-0.2, 0) is 6.42 Å². The minimum atomic E-state index is 0.864. The first-order valence-corrected chi connectivity index (χ1v) is 7.62. The number of thiocarbonyl (C=S) groups is 1. The van der Waals surface area contributed by atoms with E-state index in [2.05, 4.69) is 48.3 Å². The van der Waals surface area contributed by atoms with Crippen molar-refractivity contribution in [2.45, 2.75) is 20.3 Å². The maximum atomic E-state index is 5.52. The van der Waals surface area contributed by atoms with Crippen molar-refractivity contribution in [2.24, 2.45) is 0 Å². The zero-order valence-electron chi connectivity index (χ0n) is 11.9. The highest BCUT2D eigenvalue weighted by Gasteiger charge is 2.20. The third-order valence-electron chi connectivity index (χ3n) is 3.84. The highest BCUT2D eigenvalue weighted by atomic mass is 32.1. The number of hydrogen-bond acceptors (Lipinski definition) is 1. The molecule has 1 aromatic rings. The van der Waals surface area contributed by atoms with Gasteiger partial charge in [0, 0.05) is 5.69 Å². The predicted octanol–water partition coefficient (Wildman–Crippen LogP) is 1.17. The quantitative estimate of drug-likeness (QED) is 0.810. The minimum absolute atomic E-state index is 0.864. The van der Waals surface area contributed by atoms with E-state index >= 15 is 0 Å². The molecule has 0 saturated carbocycles. The van der Waals surface area contributed by atoms with Crippen molar-refractivity contribution >= 4 is 23.0 Å². The van der Waals surface area contributed by atoms with Crippen molar-refractivity contribution < 1.29 is 4.90 Å². The fourth-order valence-corrected chi connectivity index (χ4v) is 2.75. The van der Waals surface area contributed by atoms with Crippen molar-refractivity contribution in [1.82, 2.24) is 4.90 Å². The van der Waals surface area contributed by atoms with E-state index in [9.17, 15) is 0 Å². The number of nitrogens with one attached hydrogen (secondary N) is 2. The van der Waals surface area contributed by atoms with E-state index in [0.717, 1.165) is 30.3 Å². The topological polar surface area (TPSA) is 19.7 Å². The van der Waals surface area contributed by atoms with Gasteiger partial charge in [-0.15, -0.1) is 0 Å². The summed E-state index contributed by atoms with van der Waals surface area (Å²) in [7, 11) is 0. The Bertz CT molecular complexity index is 425. The van der Waals surface area contributed by atoms with Crippen LogP contribution in [0.15, 0.2) is 24.3 Å². The first-order chi connectivity index (χ1) is 9.22. The Morgan fingerprint density at radius 1 is 1.32 bits per heavy atom. The van der Waals surface area contributed by atoms with Gasteiger partial charge in [-0.3, -0.25) is 0 Å². The largest absolute Gasteiger partial charge is 0.338 e. The molecule has 0 radical (unpaired) electrons. The van der Waals surface area contributed by atoms with Crippen molar-refractivity contribution in [3.63, 3.8) is 0 Å². The molecule has 4 heteroatoms. The van der Waals surface area contributed by atoms with Gasteiger partial charge in [0.15, 0.2) is 5.11 Å². The van der Waals surface area contributed by atoms with Gasteiger partial charge < -0.3 is 15.1 Å². The molecule has 1 aliphatic heterocycles. The van der Waals surface area contributed by atoms with Crippen LogP contribution in [0.25, 0.3) is 0 Å². The second kappa shape index (κ2) is 6.87. The summed E-state index contributed by atoms with van der Waals surface area (Å²) < 4.78 is 0. The van der Waals surface area contributed by atoms with Gasteiger partial charge in [0.25, 0.3) is 0 Å². The fourth-order valence-electron chi connectivity index (χ4n) is 2.45. The molecule has 0 aliphatic carbocycles. The molecular formula is C15H24N3S+. The van der Waals surface area contributed by atoms with Crippen LogP contribution in [-0.4, -0.2) is 42.7 Å². The smallest absolute Gasteiger partial charge is 0.173 e. The number of likely N-dealkylation sites (N-methyl/N-ethyl adjacent to an activating group) is 1. The fraction of sp³-hybridized carbons (Fsp3) is 0.533. The van der Waals surface area contributed by atoms with Crippen LogP contribution in [0.1, 0.15) is 19.4 Å².